The molecule has 0 aliphatic carbocycles. The summed E-state index contributed by atoms with van der Waals surface area (Å²) in [6.07, 6.45) is 0.872. The van der Waals surface area contributed by atoms with Gasteiger partial charge in [0.2, 0.25) is 5.91 Å². The van der Waals surface area contributed by atoms with Gasteiger partial charge in [0.25, 0.3) is 5.56 Å². The standard InChI is InChI=1S/C22H29N5O3/c1-14(2)30-13-9-12-23-21(28)17(5)27-22(29)19-16(4)26(18-10-7-6-8-11-18)25-20(19)15(3)24-27/h6-8,10-11,14,17H,9,12-13H2,1-5H3,(H,23,28)/t17-/m0/s1. The highest BCUT2D eigenvalue weighted by molar-refractivity contribution is 5.84. The Morgan fingerprint density at radius 3 is 2.50 bits per heavy atom. The quantitative estimate of drug-likeness (QED) is 0.576. The highest BCUT2D eigenvalue weighted by atomic mass is 16.5. The lowest BCUT2D eigenvalue weighted by atomic mass is 10.2. The van der Waals surface area contributed by atoms with Crippen molar-refractivity contribution in [2.75, 3.05) is 13.2 Å². The van der Waals surface area contributed by atoms with E-state index >= 15 is 0 Å². The number of hydrogen-bond acceptors (Lipinski definition) is 5. The largest absolute Gasteiger partial charge is 0.379 e. The summed E-state index contributed by atoms with van der Waals surface area (Å²) in [6, 6.07) is 8.90. The van der Waals surface area contributed by atoms with Gasteiger partial charge in [0.15, 0.2) is 0 Å². The Hall–Kier alpha value is -3.00. The van der Waals surface area contributed by atoms with E-state index in [2.05, 4.69) is 15.5 Å². The van der Waals surface area contributed by atoms with E-state index < -0.39 is 6.04 Å². The number of nitrogens with zero attached hydrogens (tertiary/aromatic N) is 4. The van der Waals surface area contributed by atoms with Gasteiger partial charge in [-0.25, -0.2) is 9.36 Å². The van der Waals surface area contributed by atoms with Gasteiger partial charge in [-0.3, -0.25) is 9.59 Å². The number of aromatic nitrogens is 4. The first kappa shape index (κ1) is 21.7. The number of carbonyl (C=O) groups excluding carboxylic acids is 1. The summed E-state index contributed by atoms with van der Waals surface area (Å²) in [6.45, 7) is 10.3. The number of carbonyl (C=O) groups is 1. The molecule has 1 atom stereocenters. The van der Waals surface area contributed by atoms with Gasteiger partial charge in [-0.1, -0.05) is 18.2 Å². The summed E-state index contributed by atoms with van der Waals surface area (Å²) in [4.78, 5) is 25.8. The van der Waals surface area contributed by atoms with Crippen molar-refractivity contribution in [3.63, 3.8) is 0 Å². The van der Waals surface area contributed by atoms with E-state index in [4.69, 9.17) is 4.74 Å². The van der Waals surface area contributed by atoms with Crippen LogP contribution in [0.3, 0.4) is 0 Å². The molecule has 2 heterocycles. The maximum absolute atomic E-state index is 13.2. The molecule has 30 heavy (non-hydrogen) atoms. The molecule has 1 N–H and O–H groups in total. The average Bonchev–Trinajstić information content (AvgIpc) is 3.08. The number of fused-ring (bicyclic) bond motifs is 1. The van der Waals surface area contributed by atoms with Gasteiger partial charge < -0.3 is 10.1 Å². The fourth-order valence-corrected chi connectivity index (χ4v) is 3.33. The normalized spacial score (nSPS) is 12.5. The first-order chi connectivity index (χ1) is 14.3. The lowest BCUT2D eigenvalue weighted by Crippen LogP contribution is -2.38. The van der Waals surface area contributed by atoms with Crippen LogP contribution in [0.1, 0.15) is 44.6 Å². The highest BCUT2D eigenvalue weighted by Crippen LogP contribution is 2.20. The lowest BCUT2D eigenvalue weighted by Gasteiger charge is -2.15. The van der Waals surface area contributed by atoms with Crippen molar-refractivity contribution in [2.24, 2.45) is 0 Å². The molecule has 0 radical (unpaired) electrons. The smallest absolute Gasteiger partial charge is 0.278 e. The molecule has 0 saturated heterocycles. The van der Waals surface area contributed by atoms with Crippen LogP contribution in [0.4, 0.5) is 0 Å². The van der Waals surface area contributed by atoms with Crippen LogP contribution in [0.15, 0.2) is 35.1 Å². The predicted molar refractivity (Wildman–Crippen MR) is 116 cm³/mol. The van der Waals surface area contributed by atoms with Crippen molar-refractivity contribution < 1.29 is 9.53 Å². The fourth-order valence-electron chi connectivity index (χ4n) is 3.33. The molecule has 3 rings (SSSR count). The molecule has 3 aromatic rings. The summed E-state index contributed by atoms with van der Waals surface area (Å²) >= 11 is 0. The van der Waals surface area contributed by atoms with E-state index in [9.17, 15) is 9.59 Å². The third-order valence-corrected chi connectivity index (χ3v) is 4.96. The van der Waals surface area contributed by atoms with Gasteiger partial charge >= 0.3 is 0 Å². The van der Waals surface area contributed by atoms with E-state index in [0.29, 0.717) is 36.2 Å². The zero-order chi connectivity index (χ0) is 21.8. The van der Waals surface area contributed by atoms with Crippen molar-refractivity contribution in [2.45, 2.75) is 53.2 Å². The van der Waals surface area contributed by atoms with E-state index in [1.165, 1.54) is 4.68 Å². The van der Waals surface area contributed by atoms with E-state index in [1.807, 2.05) is 51.1 Å². The molecule has 1 amide bonds. The first-order valence-electron chi connectivity index (χ1n) is 10.2. The molecule has 0 unspecified atom stereocenters. The minimum atomic E-state index is -0.730. The van der Waals surface area contributed by atoms with Crippen LogP contribution in [0.25, 0.3) is 16.6 Å². The molecule has 1 aromatic carbocycles. The maximum atomic E-state index is 13.2. The van der Waals surface area contributed by atoms with Crippen LogP contribution >= 0.6 is 0 Å². The molecular formula is C22H29N5O3. The van der Waals surface area contributed by atoms with Gasteiger partial charge in [0, 0.05) is 13.2 Å². The Balaban J connectivity index is 1.86. The minimum Gasteiger partial charge on any atom is -0.379 e. The molecule has 0 aliphatic heterocycles. The molecule has 8 heteroatoms. The Morgan fingerprint density at radius 2 is 1.83 bits per heavy atom. The van der Waals surface area contributed by atoms with Gasteiger partial charge in [-0.15, -0.1) is 0 Å². The SMILES string of the molecule is Cc1nn([C@@H](C)C(=O)NCCCOC(C)C)c(=O)c2c(C)n(-c3ccccc3)nc12. The highest BCUT2D eigenvalue weighted by Gasteiger charge is 2.23. The monoisotopic (exact) mass is 411 g/mol. The fraction of sp³-hybridized carbons (Fsp3) is 0.455. The number of hydrogen-bond donors (Lipinski definition) is 1. The van der Waals surface area contributed by atoms with Crippen molar-refractivity contribution in [3.8, 4) is 5.69 Å². The van der Waals surface area contributed by atoms with Gasteiger partial charge in [0.1, 0.15) is 11.6 Å². The van der Waals surface area contributed by atoms with E-state index in [1.54, 1.807) is 18.5 Å². The summed E-state index contributed by atoms with van der Waals surface area (Å²) in [7, 11) is 0. The summed E-state index contributed by atoms with van der Waals surface area (Å²) in [5, 5.41) is 12.3. The van der Waals surface area contributed by atoms with Crippen molar-refractivity contribution in [3.05, 3.63) is 52.1 Å². The molecule has 160 valence electrons. The number of aryl methyl sites for hydroxylation is 2. The Bertz CT molecular complexity index is 1090. The zero-order valence-corrected chi connectivity index (χ0v) is 18.2. The first-order valence-corrected chi connectivity index (χ1v) is 10.2. The zero-order valence-electron chi connectivity index (χ0n) is 18.2. The van der Waals surface area contributed by atoms with Crippen molar-refractivity contribution >= 4 is 16.8 Å². The third-order valence-electron chi connectivity index (χ3n) is 4.96. The summed E-state index contributed by atoms with van der Waals surface area (Å²) < 4.78 is 8.47. The molecular weight excluding hydrogens is 382 g/mol. The maximum Gasteiger partial charge on any atom is 0.278 e. The van der Waals surface area contributed by atoms with Crippen LogP contribution in [0.2, 0.25) is 0 Å². The summed E-state index contributed by atoms with van der Waals surface area (Å²) in [5.41, 5.74) is 2.43. The number of nitrogens with one attached hydrogen (secondary N) is 1. The van der Waals surface area contributed by atoms with E-state index in [0.717, 1.165) is 11.4 Å². The Kier molecular flexibility index (Phi) is 6.66. The number of benzene rings is 1. The molecule has 0 fully saturated rings. The Morgan fingerprint density at radius 1 is 1.13 bits per heavy atom. The van der Waals surface area contributed by atoms with Gasteiger partial charge in [-0.05, 0) is 53.2 Å². The second kappa shape index (κ2) is 9.21. The van der Waals surface area contributed by atoms with Crippen molar-refractivity contribution in [1.82, 2.24) is 24.9 Å². The molecule has 0 saturated carbocycles. The number of para-hydroxylation sites is 1. The number of ether oxygens (including phenoxy) is 1. The van der Waals surface area contributed by atoms with Crippen LogP contribution in [-0.2, 0) is 9.53 Å². The predicted octanol–water partition coefficient (Wildman–Crippen LogP) is 2.69. The van der Waals surface area contributed by atoms with Gasteiger partial charge in [0.05, 0.1) is 28.6 Å². The molecule has 0 spiro atoms. The third kappa shape index (κ3) is 4.43. The Labute approximate surface area is 175 Å². The molecule has 2 aromatic heterocycles. The van der Waals surface area contributed by atoms with Crippen LogP contribution in [0, 0.1) is 13.8 Å². The molecule has 0 bridgehead atoms. The average molecular weight is 412 g/mol. The minimum absolute atomic E-state index is 0.164. The molecule has 8 nitrogen and oxygen atoms in total. The second-order valence-corrected chi connectivity index (χ2v) is 7.63. The topological polar surface area (TPSA) is 91.0 Å². The molecule has 0 aliphatic rings. The summed E-state index contributed by atoms with van der Waals surface area (Å²) in [5.74, 6) is -0.249. The van der Waals surface area contributed by atoms with Gasteiger partial charge in [-0.2, -0.15) is 10.2 Å². The second-order valence-electron chi connectivity index (χ2n) is 7.63. The van der Waals surface area contributed by atoms with E-state index in [-0.39, 0.29) is 17.6 Å². The van der Waals surface area contributed by atoms with Crippen LogP contribution in [0.5, 0.6) is 0 Å². The van der Waals surface area contributed by atoms with Crippen molar-refractivity contribution in [1.29, 1.82) is 0 Å². The van der Waals surface area contributed by atoms with Crippen LogP contribution < -0.4 is 10.9 Å². The number of amides is 1. The lowest BCUT2D eigenvalue weighted by molar-refractivity contribution is -0.124. The number of rotatable bonds is 8. The van der Waals surface area contributed by atoms with Crippen LogP contribution in [-0.4, -0.2) is 44.7 Å².